The second-order valence-electron chi connectivity index (χ2n) is 4.23. The molecule has 1 heterocycles. The molecule has 0 saturated carbocycles. The Morgan fingerprint density at radius 1 is 1.21 bits per heavy atom. The summed E-state index contributed by atoms with van der Waals surface area (Å²) in [5.74, 6) is -2.75. The fraction of sp³-hybridized carbons (Fsp3) is 0.286. The summed E-state index contributed by atoms with van der Waals surface area (Å²) in [7, 11) is 0. The Morgan fingerprint density at radius 3 is 2.42 bits per heavy atom. The largest absolute Gasteiger partial charge is 0.472 e. The van der Waals surface area contributed by atoms with E-state index >= 15 is 0 Å². The van der Waals surface area contributed by atoms with Gasteiger partial charge in [0, 0.05) is 23.3 Å². The molecule has 0 aliphatic rings. The first-order valence-electron chi connectivity index (χ1n) is 6.03. The summed E-state index contributed by atoms with van der Waals surface area (Å²) < 4.78 is 45.5. The SMILES string of the molecule is CCCNC(c1ccoc1)c1c(F)cc(F)cc1F. The first-order chi connectivity index (χ1) is 9.13. The summed E-state index contributed by atoms with van der Waals surface area (Å²) in [6.45, 7) is 2.52. The molecule has 0 saturated heterocycles. The van der Waals surface area contributed by atoms with E-state index in [0.717, 1.165) is 6.42 Å². The molecule has 1 aromatic carbocycles. The molecule has 5 heteroatoms. The van der Waals surface area contributed by atoms with Crippen molar-refractivity contribution < 1.29 is 17.6 Å². The molecule has 0 fully saturated rings. The lowest BCUT2D eigenvalue weighted by Crippen LogP contribution is -2.25. The number of furan rings is 1. The maximum atomic E-state index is 13.8. The van der Waals surface area contributed by atoms with Crippen molar-refractivity contribution in [3.8, 4) is 0 Å². The second-order valence-corrected chi connectivity index (χ2v) is 4.23. The van der Waals surface area contributed by atoms with Crippen molar-refractivity contribution in [3.05, 3.63) is 59.3 Å². The van der Waals surface area contributed by atoms with Crippen LogP contribution in [0.4, 0.5) is 13.2 Å². The summed E-state index contributed by atoms with van der Waals surface area (Å²) >= 11 is 0. The Balaban J connectivity index is 2.44. The van der Waals surface area contributed by atoms with Crippen molar-refractivity contribution in [1.82, 2.24) is 5.32 Å². The second kappa shape index (κ2) is 5.93. The van der Waals surface area contributed by atoms with Crippen LogP contribution in [0.15, 0.2) is 35.1 Å². The summed E-state index contributed by atoms with van der Waals surface area (Å²) in [6.07, 6.45) is 3.64. The minimum absolute atomic E-state index is 0.198. The van der Waals surface area contributed by atoms with Crippen molar-refractivity contribution in [2.75, 3.05) is 6.54 Å². The Kier molecular flexibility index (Phi) is 4.27. The zero-order valence-electron chi connectivity index (χ0n) is 10.4. The van der Waals surface area contributed by atoms with Gasteiger partial charge in [-0.3, -0.25) is 0 Å². The molecule has 1 aromatic heterocycles. The Hall–Kier alpha value is -1.75. The summed E-state index contributed by atoms with van der Waals surface area (Å²) in [6, 6.07) is 2.28. The molecule has 19 heavy (non-hydrogen) atoms. The van der Waals surface area contributed by atoms with E-state index in [4.69, 9.17) is 4.42 Å². The number of hydrogen-bond acceptors (Lipinski definition) is 2. The average molecular weight is 269 g/mol. The van der Waals surface area contributed by atoms with E-state index in [1.54, 1.807) is 6.07 Å². The van der Waals surface area contributed by atoms with Gasteiger partial charge in [-0.15, -0.1) is 0 Å². The van der Waals surface area contributed by atoms with Gasteiger partial charge in [-0.25, -0.2) is 13.2 Å². The lowest BCUT2D eigenvalue weighted by atomic mass is 9.99. The van der Waals surface area contributed by atoms with Gasteiger partial charge in [0.25, 0.3) is 0 Å². The summed E-state index contributed by atoms with van der Waals surface area (Å²) in [5, 5.41) is 3.03. The molecule has 0 amide bonds. The highest BCUT2D eigenvalue weighted by Gasteiger charge is 2.23. The number of hydrogen-bond donors (Lipinski definition) is 1. The number of benzene rings is 1. The molecule has 0 radical (unpaired) electrons. The van der Waals surface area contributed by atoms with Gasteiger partial charge in [0.05, 0.1) is 18.6 Å². The van der Waals surface area contributed by atoms with Crippen molar-refractivity contribution in [2.24, 2.45) is 0 Å². The Labute approximate surface area is 109 Å². The van der Waals surface area contributed by atoms with Crippen LogP contribution in [0, 0.1) is 17.5 Å². The predicted molar refractivity (Wildman–Crippen MR) is 65.2 cm³/mol. The van der Waals surface area contributed by atoms with Crippen molar-refractivity contribution >= 4 is 0 Å². The van der Waals surface area contributed by atoms with Gasteiger partial charge in [0.15, 0.2) is 0 Å². The molecule has 0 bridgehead atoms. The molecule has 0 aliphatic carbocycles. The van der Waals surface area contributed by atoms with Crippen LogP contribution in [-0.2, 0) is 0 Å². The Bertz CT molecular complexity index is 517. The van der Waals surface area contributed by atoms with E-state index in [2.05, 4.69) is 5.32 Å². The van der Waals surface area contributed by atoms with E-state index in [-0.39, 0.29) is 5.56 Å². The highest BCUT2D eigenvalue weighted by molar-refractivity contribution is 5.32. The van der Waals surface area contributed by atoms with E-state index < -0.39 is 23.5 Å². The number of nitrogens with one attached hydrogen (secondary N) is 1. The van der Waals surface area contributed by atoms with E-state index in [1.165, 1.54) is 12.5 Å². The van der Waals surface area contributed by atoms with Crippen LogP contribution in [0.25, 0.3) is 0 Å². The Morgan fingerprint density at radius 2 is 1.89 bits per heavy atom. The third kappa shape index (κ3) is 2.98. The van der Waals surface area contributed by atoms with Crippen molar-refractivity contribution in [3.63, 3.8) is 0 Å². The molecule has 2 nitrogen and oxygen atoms in total. The van der Waals surface area contributed by atoms with Gasteiger partial charge in [-0.1, -0.05) is 6.92 Å². The lowest BCUT2D eigenvalue weighted by molar-refractivity contribution is 0.483. The van der Waals surface area contributed by atoms with Gasteiger partial charge >= 0.3 is 0 Å². The van der Waals surface area contributed by atoms with E-state index in [1.807, 2.05) is 6.92 Å². The molecular formula is C14H14F3NO. The van der Waals surface area contributed by atoms with E-state index in [9.17, 15) is 13.2 Å². The van der Waals surface area contributed by atoms with Crippen LogP contribution >= 0.6 is 0 Å². The lowest BCUT2D eigenvalue weighted by Gasteiger charge is -2.19. The monoisotopic (exact) mass is 269 g/mol. The molecule has 0 aliphatic heterocycles. The van der Waals surface area contributed by atoms with Gasteiger partial charge < -0.3 is 9.73 Å². The third-order valence-electron chi connectivity index (χ3n) is 2.81. The highest BCUT2D eigenvalue weighted by Crippen LogP contribution is 2.28. The predicted octanol–water partition coefficient (Wildman–Crippen LogP) is 3.79. The van der Waals surface area contributed by atoms with Crippen LogP contribution < -0.4 is 5.32 Å². The van der Waals surface area contributed by atoms with Crippen LogP contribution in [0.5, 0.6) is 0 Å². The minimum atomic E-state index is -0.930. The molecule has 1 atom stereocenters. The molecule has 2 aromatic rings. The molecule has 102 valence electrons. The first kappa shape index (κ1) is 13.7. The zero-order chi connectivity index (χ0) is 13.8. The average Bonchev–Trinajstić information content (AvgIpc) is 2.85. The van der Waals surface area contributed by atoms with Crippen LogP contribution in [0.2, 0.25) is 0 Å². The summed E-state index contributed by atoms with van der Waals surface area (Å²) in [4.78, 5) is 0. The standard InChI is InChI=1S/C14H14F3NO/c1-2-4-18-14(9-3-5-19-8-9)13-11(16)6-10(15)7-12(13)17/h3,5-8,14,18H,2,4H2,1H3. The normalized spacial score (nSPS) is 12.6. The summed E-state index contributed by atoms with van der Waals surface area (Å²) in [5.41, 5.74) is 0.397. The number of rotatable bonds is 5. The fourth-order valence-electron chi connectivity index (χ4n) is 1.94. The van der Waals surface area contributed by atoms with Gasteiger partial charge in [0.1, 0.15) is 17.5 Å². The zero-order valence-corrected chi connectivity index (χ0v) is 10.4. The molecule has 1 unspecified atom stereocenters. The van der Waals surface area contributed by atoms with E-state index in [0.29, 0.717) is 24.2 Å². The van der Waals surface area contributed by atoms with Gasteiger partial charge in [0.2, 0.25) is 0 Å². The van der Waals surface area contributed by atoms with Crippen LogP contribution in [0.3, 0.4) is 0 Å². The molecule has 0 spiro atoms. The van der Waals surface area contributed by atoms with Crippen molar-refractivity contribution in [1.29, 1.82) is 0 Å². The molecular weight excluding hydrogens is 255 g/mol. The molecule has 1 N–H and O–H groups in total. The maximum Gasteiger partial charge on any atom is 0.134 e. The van der Waals surface area contributed by atoms with Crippen LogP contribution in [0.1, 0.15) is 30.5 Å². The third-order valence-corrected chi connectivity index (χ3v) is 2.81. The molecule has 2 rings (SSSR count). The highest BCUT2D eigenvalue weighted by atomic mass is 19.1. The smallest absolute Gasteiger partial charge is 0.134 e. The fourth-order valence-corrected chi connectivity index (χ4v) is 1.94. The van der Waals surface area contributed by atoms with Gasteiger partial charge in [-0.05, 0) is 19.0 Å². The van der Waals surface area contributed by atoms with Crippen molar-refractivity contribution in [2.45, 2.75) is 19.4 Å². The topological polar surface area (TPSA) is 25.2 Å². The first-order valence-corrected chi connectivity index (χ1v) is 6.03. The number of halogens is 3. The maximum absolute atomic E-state index is 13.8. The minimum Gasteiger partial charge on any atom is -0.472 e. The van der Waals surface area contributed by atoms with Crippen LogP contribution in [-0.4, -0.2) is 6.54 Å². The van der Waals surface area contributed by atoms with Gasteiger partial charge in [-0.2, -0.15) is 0 Å². The quantitative estimate of drug-likeness (QED) is 0.893.